The van der Waals surface area contributed by atoms with Crippen molar-refractivity contribution >= 4 is 0 Å². The van der Waals surface area contributed by atoms with E-state index in [1.54, 1.807) is 22.3 Å². The minimum Gasteiger partial charge on any atom is -0.0619 e. The normalized spacial score (nSPS) is 33.2. The zero-order valence-electron chi connectivity index (χ0n) is 11.9. The highest BCUT2D eigenvalue weighted by Crippen LogP contribution is 2.74. The first-order valence-electron chi connectivity index (χ1n) is 8.11. The zero-order chi connectivity index (χ0) is 13.2. The van der Waals surface area contributed by atoms with Gasteiger partial charge in [0, 0.05) is 10.8 Å². The molecule has 2 aromatic carbocycles. The minimum atomic E-state index is 0.376. The number of benzene rings is 2. The summed E-state index contributed by atoms with van der Waals surface area (Å²) in [7, 11) is 0. The van der Waals surface area contributed by atoms with Crippen molar-refractivity contribution < 1.29 is 0 Å². The first-order valence-corrected chi connectivity index (χ1v) is 8.11. The maximum atomic E-state index is 2.39. The van der Waals surface area contributed by atoms with E-state index in [1.807, 2.05) is 0 Å². The molecule has 0 N–H and O–H groups in total. The van der Waals surface area contributed by atoms with E-state index in [2.05, 4.69) is 48.5 Å². The van der Waals surface area contributed by atoms with Gasteiger partial charge in [-0.3, -0.25) is 0 Å². The molecule has 3 aliphatic carbocycles. The SMILES string of the molecule is c1ccc2c(c1)C13CCCCCCC21c1ccccc13. The van der Waals surface area contributed by atoms with Gasteiger partial charge in [-0.15, -0.1) is 0 Å². The maximum absolute atomic E-state index is 2.39. The van der Waals surface area contributed by atoms with E-state index < -0.39 is 0 Å². The molecule has 0 unspecified atom stereocenters. The Morgan fingerprint density at radius 1 is 0.500 bits per heavy atom. The molecule has 0 aliphatic heterocycles. The van der Waals surface area contributed by atoms with Crippen molar-refractivity contribution in [3.8, 4) is 0 Å². The van der Waals surface area contributed by atoms with Gasteiger partial charge in [-0.25, -0.2) is 0 Å². The van der Waals surface area contributed by atoms with Crippen LogP contribution in [0, 0.1) is 0 Å². The molecule has 0 saturated heterocycles. The third-order valence-corrected chi connectivity index (χ3v) is 6.28. The third-order valence-electron chi connectivity index (χ3n) is 6.28. The molecule has 0 amide bonds. The Morgan fingerprint density at radius 3 is 1.20 bits per heavy atom. The van der Waals surface area contributed by atoms with Crippen molar-refractivity contribution in [1.29, 1.82) is 0 Å². The average Bonchev–Trinajstić information content (AvgIpc) is 2.49. The van der Waals surface area contributed by atoms with Gasteiger partial charge in [0.2, 0.25) is 0 Å². The first kappa shape index (κ1) is 11.1. The van der Waals surface area contributed by atoms with E-state index in [-0.39, 0.29) is 0 Å². The van der Waals surface area contributed by atoms with Crippen LogP contribution in [0.1, 0.15) is 60.8 Å². The van der Waals surface area contributed by atoms with Gasteiger partial charge in [0.1, 0.15) is 0 Å². The molecule has 0 aromatic heterocycles. The van der Waals surface area contributed by atoms with Gasteiger partial charge >= 0.3 is 0 Å². The van der Waals surface area contributed by atoms with E-state index >= 15 is 0 Å². The largest absolute Gasteiger partial charge is 0.0619 e. The van der Waals surface area contributed by atoms with Gasteiger partial charge in [0.05, 0.1) is 0 Å². The van der Waals surface area contributed by atoms with Crippen LogP contribution in [-0.2, 0) is 10.8 Å². The first-order chi connectivity index (χ1) is 9.91. The van der Waals surface area contributed by atoms with Crippen LogP contribution in [0.4, 0.5) is 0 Å². The molecule has 0 spiro atoms. The summed E-state index contributed by atoms with van der Waals surface area (Å²) in [5, 5.41) is 0. The van der Waals surface area contributed by atoms with E-state index in [4.69, 9.17) is 0 Å². The van der Waals surface area contributed by atoms with Crippen molar-refractivity contribution in [1.82, 2.24) is 0 Å². The molecular formula is C20H20. The fourth-order valence-corrected chi connectivity index (χ4v) is 5.64. The van der Waals surface area contributed by atoms with E-state index in [0.717, 1.165) is 0 Å². The highest BCUT2D eigenvalue weighted by atomic mass is 14.7. The number of hydrogen-bond acceptors (Lipinski definition) is 0. The lowest BCUT2D eigenvalue weighted by molar-refractivity contribution is 0.144. The molecular weight excluding hydrogens is 240 g/mol. The van der Waals surface area contributed by atoms with Crippen molar-refractivity contribution in [2.75, 3.05) is 0 Å². The topological polar surface area (TPSA) is 0 Å². The van der Waals surface area contributed by atoms with Crippen molar-refractivity contribution in [3.05, 3.63) is 70.8 Å². The summed E-state index contributed by atoms with van der Waals surface area (Å²) in [4.78, 5) is 0. The summed E-state index contributed by atoms with van der Waals surface area (Å²) in [6.45, 7) is 0. The van der Waals surface area contributed by atoms with Gasteiger partial charge in [-0.2, -0.15) is 0 Å². The summed E-state index contributed by atoms with van der Waals surface area (Å²) in [5.41, 5.74) is 7.31. The summed E-state index contributed by atoms with van der Waals surface area (Å²) in [6, 6.07) is 18.5. The van der Waals surface area contributed by atoms with Gasteiger partial charge < -0.3 is 0 Å². The Bertz CT molecular complexity index is 587. The number of rotatable bonds is 0. The van der Waals surface area contributed by atoms with E-state index in [9.17, 15) is 0 Å². The summed E-state index contributed by atoms with van der Waals surface area (Å²) in [6.07, 6.45) is 8.35. The molecule has 5 rings (SSSR count). The van der Waals surface area contributed by atoms with Crippen LogP contribution < -0.4 is 0 Å². The molecule has 0 heterocycles. The molecule has 1 fully saturated rings. The second-order valence-electron chi connectivity index (χ2n) is 6.82. The highest BCUT2D eigenvalue weighted by Gasteiger charge is 2.71. The fraction of sp³-hybridized carbons (Fsp3) is 0.400. The lowest BCUT2D eigenvalue weighted by Crippen LogP contribution is -2.67. The zero-order valence-corrected chi connectivity index (χ0v) is 11.9. The van der Waals surface area contributed by atoms with Crippen LogP contribution in [0.2, 0.25) is 0 Å². The van der Waals surface area contributed by atoms with Crippen LogP contribution in [0.5, 0.6) is 0 Å². The van der Waals surface area contributed by atoms with Crippen molar-refractivity contribution in [3.63, 3.8) is 0 Å². The van der Waals surface area contributed by atoms with Gasteiger partial charge in [0.25, 0.3) is 0 Å². The van der Waals surface area contributed by atoms with Crippen LogP contribution in [0.3, 0.4) is 0 Å². The summed E-state index contributed by atoms with van der Waals surface area (Å²) >= 11 is 0. The third kappa shape index (κ3) is 0.944. The van der Waals surface area contributed by atoms with Crippen LogP contribution >= 0.6 is 0 Å². The second kappa shape index (κ2) is 3.55. The van der Waals surface area contributed by atoms with Gasteiger partial charge in [-0.1, -0.05) is 74.2 Å². The molecule has 0 nitrogen and oxygen atoms in total. The van der Waals surface area contributed by atoms with E-state index in [0.29, 0.717) is 10.8 Å². The molecule has 100 valence electrons. The predicted octanol–water partition coefficient (Wildman–Crippen LogP) is 4.94. The molecule has 0 radical (unpaired) electrons. The minimum absolute atomic E-state index is 0.376. The average molecular weight is 260 g/mol. The number of hydrogen-bond donors (Lipinski definition) is 0. The highest BCUT2D eigenvalue weighted by molar-refractivity contribution is 5.76. The Balaban J connectivity index is 1.82. The molecule has 3 aliphatic rings. The standard InChI is InChI=1S/C20H20/c1-2-8-14-20-17-11-5-3-9-15(17)19(20,13-7-1)16-10-4-6-12-18(16)20/h3-6,9-12H,1-2,7-8,13-14H2. The van der Waals surface area contributed by atoms with Crippen LogP contribution in [0.25, 0.3) is 0 Å². The molecule has 0 bridgehead atoms. The summed E-state index contributed by atoms with van der Waals surface area (Å²) < 4.78 is 0. The second-order valence-corrected chi connectivity index (χ2v) is 6.82. The lowest BCUT2D eigenvalue weighted by Gasteiger charge is -2.70. The van der Waals surface area contributed by atoms with Crippen molar-refractivity contribution in [2.24, 2.45) is 0 Å². The molecule has 0 atom stereocenters. The van der Waals surface area contributed by atoms with Crippen LogP contribution in [0.15, 0.2) is 48.5 Å². The Morgan fingerprint density at radius 2 is 0.850 bits per heavy atom. The van der Waals surface area contributed by atoms with E-state index in [1.165, 1.54) is 38.5 Å². The molecule has 0 heteroatoms. The molecule has 1 saturated carbocycles. The Hall–Kier alpha value is -1.56. The maximum Gasteiger partial charge on any atom is 0.0346 e. The summed E-state index contributed by atoms with van der Waals surface area (Å²) in [5.74, 6) is 0. The number of fused-ring (bicyclic) bond motifs is 2. The predicted molar refractivity (Wildman–Crippen MR) is 82.1 cm³/mol. The van der Waals surface area contributed by atoms with Crippen molar-refractivity contribution in [2.45, 2.75) is 49.4 Å². The van der Waals surface area contributed by atoms with Gasteiger partial charge in [0.15, 0.2) is 0 Å². The fourth-order valence-electron chi connectivity index (χ4n) is 5.64. The molecule has 20 heavy (non-hydrogen) atoms. The van der Waals surface area contributed by atoms with Gasteiger partial charge in [-0.05, 0) is 35.1 Å². The Kier molecular flexibility index (Phi) is 1.98. The monoisotopic (exact) mass is 260 g/mol. The lowest BCUT2D eigenvalue weighted by atomic mass is 9.31. The van der Waals surface area contributed by atoms with Crippen LogP contribution in [-0.4, -0.2) is 0 Å². The Labute approximate surface area is 120 Å². The molecule has 2 aromatic rings. The smallest absolute Gasteiger partial charge is 0.0346 e. The quantitative estimate of drug-likeness (QED) is 0.629.